The Labute approximate surface area is 540 Å². The highest BCUT2D eigenvalue weighted by molar-refractivity contribution is 8.76. The molecule has 0 aliphatic carbocycles. The lowest BCUT2D eigenvalue weighted by molar-refractivity contribution is -0.135. The van der Waals surface area contributed by atoms with Crippen molar-refractivity contribution in [2.24, 2.45) is 132 Å². The lowest BCUT2D eigenvalue weighted by Gasteiger charge is -2.28. The molecule has 92 heavy (non-hydrogen) atoms. The van der Waals surface area contributed by atoms with Crippen LogP contribution in [-0.4, -0.2) is 194 Å². The van der Waals surface area contributed by atoms with Crippen LogP contribution >= 0.6 is 21.6 Å². The number of pyridine rings is 1. The van der Waals surface area contributed by atoms with Crippen LogP contribution in [0.1, 0.15) is 89.9 Å². The molecule has 42 heteroatoms. The number of guanidine groups is 7. The van der Waals surface area contributed by atoms with E-state index in [2.05, 4.69) is 82.3 Å². The molecule has 0 aliphatic rings. The minimum atomic E-state index is -1.42. The number of aromatic nitrogens is 1. The van der Waals surface area contributed by atoms with Crippen LogP contribution in [0.5, 0.6) is 0 Å². The summed E-state index contributed by atoms with van der Waals surface area (Å²) in [7, 11) is 2.23. The molecule has 40 nitrogen and oxygen atoms in total. The van der Waals surface area contributed by atoms with Gasteiger partial charge in [-0.1, -0.05) is 10.8 Å². The second kappa shape index (κ2) is 46.6. The summed E-state index contributed by atoms with van der Waals surface area (Å²) in [6.45, 7) is 0.370. The molecule has 7 amide bonds. The van der Waals surface area contributed by atoms with E-state index in [-0.39, 0.29) is 189 Å². The summed E-state index contributed by atoms with van der Waals surface area (Å²) in [4.78, 5) is 142. The fraction of sp³-hybridized carbons (Fsp3) is 0.620. The Balaban J connectivity index is 3.77. The number of nitroso groups, excluding NO2 is 1. The van der Waals surface area contributed by atoms with E-state index in [0.717, 1.165) is 21.6 Å². The summed E-state index contributed by atoms with van der Waals surface area (Å²) in [5, 5.41) is 22.8. The van der Waals surface area contributed by atoms with Crippen molar-refractivity contribution in [3.63, 3.8) is 0 Å². The van der Waals surface area contributed by atoms with Gasteiger partial charge >= 0.3 is 0 Å². The Morgan fingerprint density at radius 1 is 0.413 bits per heavy atom. The fourth-order valence-corrected chi connectivity index (χ4v) is 10.3. The average molecular weight is 1340 g/mol. The van der Waals surface area contributed by atoms with Crippen LogP contribution < -0.4 is 129 Å². The van der Waals surface area contributed by atoms with Crippen molar-refractivity contribution in [2.45, 2.75) is 143 Å². The smallest absolute Gasteiger partial charge is 0.243 e. The number of hydrogen-bond acceptors (Lipinski definition) is 21. The molecule has 0 spiro atoms. The molecule has 0 aromatic carbocycles. The highest BCUT2D eigenvalue weighted by atomic mass is 33.1. The monoisotopic (exact) mass is 1340 g/mol. The first-order valence-electron chi connectivity index (χ1n) is 29.2. The maximum atomic E-state index is 14.7. The molecule has 1 rings (SSSR count). The predicted molar refractivity (Wildman–Crippen MR) is 358 cm³/mol. The van der Waals surface area contributed by atoms with E-state index in [1.807, 2.05) is 0 Å². The van der Waals surface area contributed by atoms with Gasteiger partial charge in [0.25, 0.3) is 0 Å². The van der Waals surface area contributed by atoms with Crippen molar-refractivity contribution in [2.75, 3.05) is 58.1 Å². The van der Waals surface area contributed by atoms with Crippen LogP contribution in [0.15, 0.2) is 63.5 Å². The molecule has 1 aromatic heterocycles. The SMILES string of the molecule is NC(=O)[C@H](CCCN=C(N)N)NC(=O)C(CCCN=C(N)N)NC(=O)[C@H](CCCN=C(N)N)NC(=O)C(CCCN=C(N)N)NC(=O)[C@H](CCCN=C(N)N)NCC(CCCN=C(N)N)NC(=O)[C@H](CCCN=C(N)N)NC(=O)C(N)CSSc1ncccc1N=O. The first-order valence-corrected chi connectivity index (χ1v) is 31.5. The summed E-state index contributed by atoms with van der Waals surface area (Å²) >= 11 is 0. The second-order valence-corrected chi connectivity index (χ2v) is 22.7. The molecule has 0 aliphatic heterocycles. The van der Waals surface area contributed by atoms with E-state index in [0.29, 0.717) is 11.4 Å². The van der Waals surface area contributed by atoms with Gasteiger partial charge in [-0.05, 0) is 118 Å². The van der Waals surface area contributed by atoms with Gasteiger partial charge < -0.3 is 129 Å². The molecule has 39 N–H and O–H groups in total. The fourth-order valence-electron chi connectivity index (χ4n) is 8.19. The minimum Gasteiger partial charge on any atom is -0.370 e. The van der Waals surface area contributed by atoms with Crippen molar-refractivity contribution in [3.05, 3.63) is 23.2 Å². The molecule has 4 unspecified atom stereocenters. The van der Waals surface area contributed by atoms with Gasteiger partial charge in [-0.2, -0.15) is 0 Å². The van der Waals surface area contributed by atoms with Gasteiger partial charge in [0, 0.05) is 70.3 Å². The number of nitrogens with zero attached hydrogens (tertiary/aromatic N) is 9. The highest BCUT2D eigenvalue weighted by Gasteiger charge is 2.33. The largest absolute Gasteiger partial charge is 0.370 e. The first kappa shape index (κ1) is 80.6. The lowest BCUT2D eigenvalue weighted by Crippen LogP contribution is -2.59. The maximum Gasteiger partial charge on any atom is 0.243 e. The van der Waals surface area contributed by atoms with Crippen LogP contribution in [0.3, 0.4) is 0 Å². The zero-order chi connectivity index (χ0) is 69.0. The summed E-state index contributed by atoms with van der Waals surface area (Å²) in [5.74, 6) is -6.95. The summed E-state index contributed by atoms with van der Waals surface area (Å²) < 4.78 is 0. The van der Waals surface area contributed by atoms with Crippen LogP contribution in [0.2, 0.25) is 0 Å². The molecule has 0 radical (unpaired) electrons. The highest BCUT2D eigenvalue weighted by Crippen LogP contribution is 2.35. The summed E-state index contributed by atoms with van der Waals surface area (Å²) in [6, 6.07) is -6.64. The Bertz CT molecular complexity index is 2690. The number of amides is 7. The van der Waals surface area contributed by atoms with E-state index >= 15 is 0 Å². The van der Waals surface area contributed by atoms with Crippen molar-refractivity contribution in [1.82, 2.24) is 42.2 Å². The molecule has 0 saturated carbocycles. The van der Waals surface area contributed by atoms with Crippen LogP contribution in [0.4, 0.5) is 5.69 Å². The van der Waals surface area contributed by atoms with Gasteiger partial charge in [-0.3, -0.25) is 68.5 Å². The number of rotatable bonds is 49. The number of carbonyl (C=O) groups excluding carboxylic acids is 7. The zero-order valence-electron chi connectivity index (χ0n) is 51.5. The number of primary amides is 1. The van der Waals surface area contributed by atoms with Crippen molar-refractivity contribution in [1.29, 1.82) is 0 Å². The third-order valence-corrected chi connectivity index (χ3v) is 15.0. The van der Waals surface area contributed by atoms with Gasteiger partial charge in [-0.25, -0.2) is 4.98 Å². The van der Waals surface area contributed by atoms with E-state index in [1.54, 1.807) is 6.07 Å². The Morgan fingerprint density at radius 3 is 1.07 bits per heavy atom. The van der Waals surface area contributed by atoms with Gasteiger partial charge in [0.05, 0.1) is 12.1 Å². The minimum absolute atomic E-state index is 0.00535. The van der Waals surface area contributed by atoms with Gasteiger partial charge in [0.15, 0.2) is 41.7 Å². The normalized spacial score (nSPS) is 13.3. The Hall–Kier alpha value is -9.45. The molecule has 1 heterocycles. The first-order chi connectivity index (χ1) is 43.6. The molecule has 0 bridgehead atoms. The van der Waals surface area contributed by atoms with Gasteiger partial charge in [-0.15, -0.1) is 4.91 Å². The second-order valence-electron chi connectivity index (χ2n) is 20.4. The molecule has 0 saturated heterocycles. The Kier molecular flexibility index (Phi) is 40.8. The number of carbonyl (C=O) groups is 7. The summed E-state index contributed by atoms with van der Waals surface area (Å²) in [5.41, 5.74) is 89.8. The quantitative estimate of drug-likeness (QED) is 0.00947. The molecular formula is C50H96N32O8S2. The average Bonchev–Trinajstić information content (AvgIpc) is 2.17. The van der Waals surface area contributed by atoms with E-state index in [4.69, 9.17) is 91.7 Å². The summed E-state index contributed by atoms with van der Waals surface area (Å²) in [6.07, 6.45) is 2.86. The molecular weight excluding hydrogens is 1240 g/mol. The van der Waals surface area contributed by atoms with Crippen molar-refractivity contribution >= 4 is 110 Å². The molecule has 0 fully saturated rings. The van der Waals surface area contributed by atoms with Crippen LogP contribution in [0, 0.1) is 4.91 Å². The molecule has 516 valence electrons. The third kappa shape index (κ3) is 38.2. The lowest BCUT2D eigenvalue weighted by atomic mass is 10.0. The molecule has 8 atom stereocenters. The molecule has 1 aromatic rings. The van der Waals surface area contributed by atoms with E-state index < -0.39 is 89.7 Å². The number of hydrogen-bond donors (Lipinski definition) is 23. The number of nitrogens with one attached hydrogen (secondary N) is 7. The van der Waals surface area contributed by atoms with Crippen LogP contribution in [-0.2, 0) is 33.6 Å². The van der Waals surface area contributed by atoms with E-state index in [9.17, 15) is 38.5 Å². The van der Waals surface area contributed by atoms with E-state index in [1.165, 1.54) is 12.3 Å². The number of aliphatic imine (C=N–C) groups is 7. The third-order valence-electron chi connectivity index (χ3n) is 12.7. The topological polar surface area (TPSA) is 749 Å². The maximum absolute atomic E-state index is 14.7. The zero-order valence-corrected chi connectivity index (χ0v) is 53.1. The Morgan fingerprint density at radius 2 is 0.717 bits per heavy atom. The van der Waals surface area contributed by atoms with Crippen molar-refractivity contribution < 1.29 is 33.6 Å². The van der Waals surface area contributed by atoms with Gasteiger partial charge in [0.2, 0.25) is 41.4 Å². The number of nitrogens with two attached hydrogens (primary N) is 16. The van der Waals surface area contributed by atoms with Gasteiger partial charge in [0.1, 0.15) is 40.9 Å². The van der Waals surface area contributed by atoms with Crippen LogP contribution in [0.25, 0.3) is 0 Å². The standard InChI is InChI=1S/C50H96N32O8S2/c51-28(26-91-92-43-35(82-90)16-8-17-67-43)37(84)78-31(12-4-21-71-47(59)60)39(86)76-27(9-1-18-68-44(53)54)25-75-30(11-3-20-70-46(57)58)38(85)79-33(14-6-23-73-49(63)64)41(88)81-34(15-7-24-74-50(65)66)42(89)80-32(13-5-22-72-48(61)62)40(87)77-29(36(52)83)10-2-19-69-45(55)56/h8,16-17,27-34,75H,1-7,9-15,18-26,51H2,(H2,52,83)(H,76,86)(H,77,87)(H,78,84)(H,79,85)(H,80,89)(H,81,88)(H4,53,54,68)(H4,55,56,69)(H4,57,58,70)(H4,59,60,71)(H4,61,62,72)(H4,63,64,73)(H4,65,66,74)/t27?,28?,29-,30-,31-,32?,33?,34-/m0/s1. The predicted octanol–water partition coefficient (Wildman–Crippen LogP) is -8.73. The van der Waals surface area contributed by atoms with Crippen molar-refractivity contribution in [3.8, 4) is 0 Å².